The van der Waals surface area contributed by atoms with Gasteiger partial charge in [-0.05, 0) is 31.7 Å². The first-order chi connectivity index (χ1) is 8.13. The molecule has 1 aromatic heterocycles. The van der Waals surface area contributed by atoms with Gasteiger partial charge in [-0.2, -0.15) is 0 Å². The molecule has 0 aliphatic rings. The predicted octanol–water partition coefficient (Wildman–Crippen LogP) is 3.48. The zero-order chi connectivity index (χ0) is 12.7. The Morgan fingerprint density at radius 3 is 2.71 bits per heavy atom. The summed E-state index contributed by atoms with van der Waals surface area (Å²) in [5, 5.41) is 2.14. The predicted molar refractivity (Wildman–Crippen MR) is 77.4 cm³/mol. The van der Waals surface area contributed by atoms with E-state index in [9.17, 15) is 0 Å². The first-order valence-corrected chi connectivity index (χ1v) is 7.53. The zero-order valence-electron chi connectivity index (χ0n) is 11.4. The van der Waals surface area contributed by atoms with Gasteiger partial charge in [-0.3, -0.25) is 4.90 Å². The molecule has 0 saturated carbocycles. The molecule has 0 amide bonds. The van der Waals surface area contributed by atoms with Crippen molar-refractivity contribution in [2.75, 3.05) is 6.54 Å². The maximum Gasteiger partial charge on any atom is 0.0331 e. The van der Waals surface area contributed by atoms with Crippen molar-refractivity contribution in [1.82, 2.24) is 4.90 Å². The van der Waals surface area contributed by atoms with Crippen LogP contribution in [0.25, 0.3) is 0 Å². The highest BCUT2D eigenvalue weighted by Gasteiger charge is 2.14. The fourth-order valence-corrected chi connectivity index (χ4v) is 2.65. The molecule has 0 radical (unpaired) electrons. The van der Waals surface area contributed by atoms with E-state index >= 15 is 0 Å². The molecular formula is C14H26N2S. The summed E-state index contributed by atoms with van der Waals surface area (Å²) < 4.78 is 0. The van der Waals surface area contributed by atoms with E-state index in [1.165, 1.54) is 17.7 Å². The van der Waals surface area contributed by atoms with Gasteiger partial charge in [0.05, 0.1) is 0 Å². The molecule has 1 unspecified atom stereocenters. The zero-order valence-corrected chi connectivity index (χ0v) is 12.2. The van der Waals surface area contributed by atoms with Crippen molar-refractivity contribution in [3.8, 4) is 0 Å². The summed E-state index contributed by atoms with van der Waals surface area (Å²) in [4.78, 5) is 3.91. The first-order valence-electron chi connectivity index (χ1n) is 6.65. The summed E-state index contributed by atoms with van der Waals surface area (Å²) >= 11 is 1.83. The molecule has 0 aliphatic carbocycles. The Hall–Kier alpha value is -0.380. The van der Waals surface area contributed by atoms with E-state index in [0.717, 1.165) is 19.5 Å². The SMILES string of the molecule is CCCCC(N)CN(Cc1cccs1)C(C)C. The maximum absolute atomic E-state index is 6.19. The average molecular weight is 254 g/mol. The quantitative estimate of drug-likeness (QED) is 0.769. The summed E-state index contributed by atoms with van der Waals surface area (Å²) in [6.07, 6.45) is 3.62. The van der Waals surface area contributed by atoms with Crippen molar-refractivity contribution in [1.29, 1.82) is 0 Å². The Labute approximate surface area is 110 Å². The molecule has 0 spiro atoms. The first kappa shape index (κ1) is 14.7. The van der Waals surface area contributed by atoms with Crippen LogP contribution in [0.1, 0.15) is 44.9 Å². The lowest BCUT2D eigenvalue weighted by molar-refractivity contribution is 0.197. The lowest BCUT2D eigenvalue weighted by Gasteiger charge is -2.28. The topological polar surface area (TPSA) is 29.3 Å². The van der Waals surface area contributed by atoms with Crippen molar-refractivity contribution in [2.45, 2.75) is 58.7 Å². The molecule has 0 bridgehead atoms. The van der Waals surface area contributed by atoms with Crippen molar-refractivity contribution >= 4 is 11.3 Å². The van der Waals surface area contributed by atoms with Gasteiger partial charge in [0.25, 0.3) is 0 Å². The van der Waals surface area contributed by atoms with Crippen LogP contribution in [0.15, 0.2) is 17.5 Å². The minimum absolute atomic E-state index is 0.317. The van der Waals surface area contributed by atoms with Crippen LogP contribution in [-0.2, 0) is 6.54 Å². The van der Waals surface area contributed by atoms with E-state index < -0.39 is 0 Å². The van der Waals surface area contributed by atoms with E-state index in [4.69, 9.17) is 5.73 Å². The highest BCUT2D eigenvalue weighted by molar-refractivity contribution is 7.09. The van der Waals surface area contributed by atoms with E-state index in [2.05, 4.69) is 43.2 Å². The Bertz CT molecular complexity index is 282. The number of rotatable bonds is 8. The maximum atomic E-state index is 6.19. The molecule has 17 heavy (non-hydrogen) atoms. The van der Waals surface area contributed by atoms with Gasteiger partial charge in [-0.25, -0.2) is 0 Å². The number of hydrogen-bond acceptors (Lipinski definition) is 3. The van der Waals surface area contributed by atoms with Gasteiger partial charge in [0.15, 0.2) is 0 Å². The van der Waals surface area contributed by atoms with Crippen LogP contribution in [0.5, 0.6) is 0 Å². The normalized spacial score (nSPS) is 13.5. The van der Waals surface area contributed by atoms with Crippen molar-refractivity contribution in [2.24, 2.45) is 5.73 Å². The van der Waals surface area contributed by atoms with Crippen LogP contribution in [0.3, 0.4) is 0 Å². The molecule has 1 rings (SSSR count). The van der Waals surface area contributed by atoms with E-state index in [1.807, 2.05) is 11.3 Å². The molecule has 1 atom stereocenters. The Kier molecular flexibility index (Phi) is 6.78. The largest absolute Gasteiger partial charge is 0.327 e. The van der Waals surface area contributed by atoms with E-state index in [0.29, 0.717) is 12.1 Å². The molecule has 98 valence electrons. The lowest BCUT2D eigenvalue weighted by Crippen LogP contribution is -2.40. The molecule has 0 fully saturated rings. The van der Waals surface area contributed by atoms with Gasteiger partial charge in [0, 0.05) is 30.1 Å². The lowest BCUT2D eigenvalue weighted by atomic mass is 10.1. The average Bonchev–Trinajstić information content (AvgIpc) is 2.78. The van der Waals surface area contributed by atoms with Crippen LogP contribution < -0.4 is 5.73 Å². The third-order valence-corrected chi connectivity index (χ3v) is 3.93. The molecule has 0 aromatic carbocycles. The van der Waals surface area contributed by atoms with Crippen LogP contribution in [0.4, 0.5) is 0 Å². The molecule has 0 saturated heterocycles. The van der Waals surface area contributed by atoms with E-state index in [-0.39, 0.29) is 0 Å². The minimum atomic E-state index is 0.317. The summed E-state index contributed by atoms with van der Waals surface area (Å²) in [5.41, 5.74) is 6.19. The highest BCUT2D eigenvalue weighted by Crippen LogP contribution is 2.14. The molecule has 1 aromatic rings. The second-order valence-corrected chi connectivity index (χ2v) is 6.04. The van der Waals surface area contributed by atoms with Crippen LogP contribution in [0, 0.1) is 0 Å². The van der Waals surface area contributed by atoms with E-state index in [1.54, 1.807) is 0 Å². The third-order valence-electron chi connectivity index (χ3n) is 3.07. The Morgan fingerprint density at radius 2 is 2.18 bits per heavy atom. The van der Waals surface area contributed by atoms with Crippen molar-refractivity contribution in [3.63, 3.8) is 0 Å². The summed E-state index contributed by atoms with van der Waals surface area (Å²) in [6, 6.07) is 5.20. The fraction of sp³-hybridized carbons (Fsp3) is 0.714. The van der Waals surface area contributed by atoms with Crippen molar-refractivity contribution in [3.05, 3.63) is 22.4 Å². The summed E-state index contributed by atoms with van der Waals surface area (Å²) in [5.74, 6) is 0. The standard InChI is InChI=1S/C14H26N2S/c1-4-5-7-13(15)10-16(12(2)3)11-14-8-6-9-17-14/h6,8-9,12-13H,4-5,7,10-11,15H2,1-3H3. The highest BCUT2D eigenvalue weighted by atomic mass is 32.1. The van der Waals surface area contributed by atoms with Gasteiger partial charge >= 0.3 is 0 Å². The number of nitrogens with two attached hydrogens (primary N) is 1. The molecule has 0 aliphatic heterocycles. The van der Waals surface area contributed by atoms with Gasteiger partial charge in [-0.15, -0.1) is 11.3 Å². The van der Waals surface area contributed by atoms with Gasteiger partial charge in [-0.1, -0.05) is 25.8 Å². The minimum Gasteiger partial charge on any atom is -0.327 e. The Balaban J connectivity index is 2.43. The molecule has 3 heteroatoms. The van der Waals surface area contributed by atoms with Crippen LogP contribution in [-0.4, -0.2) is 23.5 Å². The second kappa shape index (κ2) is 7.85. The second-order valence-electron chi connectivity index (χ2n) is 5.00. The van der Waals surface area contributed by atoms with Gasteiger partial charge < -0.3 is 5.73 Å². The molecular weight excluding hydrogens is 228 g/mol. The number of thiophene rings is 1. The molecule has 2 nitrogen and oxygen atoms in total. The van der Waals surface area contributed by atoms with Gasteiger partial charge in [0.2, 0.25) is 0 Å². The van der Waals surface area contributed by atoms with Gasteiger partial charge in [0.1, 0.15) is 0 Å². The third kappa shape index (κ3) is 5.66. The monoisotopic (exact) mass is 254 g/mol. The molecule has 1 heterocycles. The number of hydrogen-bond donors (Lipinski definition) is 1. The molecule has 2 N–H and O–H groups in total. The number of unbranched alkanes of at least 4 members (excludes halogenated alkanes) is 1. The fourth-order valence-electron chi connectivity index (χ4n) is 1.92. The smallest absolute Gasteiger partial charge is 0.0331 e. The summed E-state index contributed by atoms with van der Waals surface area (Å²) in [7, 11) is 0. The van der Waals surface area contributed by atoms with Crippen LogP contribution >= 0.6 is 11.3 Å². The number of nitrogens with zero attached hydrogens (tertiary/aromatic N) is 1. The van der Waals surface area contributed by atoms with Crippen LogP contribution in [0.2, 0.25) is 0 Å². The summed E-state index contributed by atoms with van der Waals surface area (Å²) in [6.45, 7) is 8.77. The van der Waals surface area contributed by atoms with Crippen molar-refractivity contribution < 1.29 is 0 Å². The Morgan fingerprint density at radius 1 is 1.41 bits per heavy atom.